The first-order valence-electron chi connectivity index (χ1n) is 5.94. The number of anilines is 1. The second-order valence-electron chi connectivity index (χ2n) is 4.16. The first kappa shape index (κ1) is 14.3. The third-order valence-electron chi connectivity index (χ3n) is 2.70. The van der Waals surface area contributed by atoms with E-state index in [1.807, 2.05) is 6.92 Å². The Morgan fingerprint density at radius 3 is 2.89 bits per heavy atom. The highest BCUT2D eigenvalue weighted by Gasteiger charge is 2.14. The van der Waals surface area contributed by atoms with Crippen LogP contribution < -0.4 is 15.8 Å². The lowest BCUT2D eigenvalue weighted by Crippen LogP contribution is -2.33. The molecule has 100 valence electrons. The largest absolute Gasteiger partial charge is 0.495 e. The molecule has 5 heteroatoms. The van der Waals surface area contributed by atoms with Gasteiger partial charge in [0, 0.05) is 12.6 Å². The van der Waals surface area contributed by atoms with Crippen LogP contribution in [-0.4, -0.2) is 30.8 Å². The van der Waals surface area contributed by atoms with Crippen molar-refractivity contribution in [1.29, 1.82) is 0 Å². The number of methoxy groups -OCH3 is 1. The van der Waals surface area contributed by atoms with Crippen LogP contribution in [0.15, 0.2) is 18.2 Å². The number of amides is 1. The number of para-hydroxylation sites is 1. The Morgan fingerprint density at radius 2 is 2.28 bits per heavy atom. The van der Waals surface area contributed by atoms with Crippen molar-refractivity contribution in [2.24, 2.45) is 0 Å². The Morgan fingerprint density at radius 1 is 1.56 bits per heavy atom. The van der Waals surface area contributed by atoms with E-state index < -0.39 is 0 Å². The van der Waals surface area contributed by atoms with Gasteiger partial charge in [0.15, 0.2) is 0 Å². The fourth-order valence-corrected chi connectivity index (χ4v) is 1.69. The number of nitrogen functional groups attached to an aromatic ring is 1. The van der Waals surface area contributed by atoms with Crippen molar-refractivity contribution in [2.45, 2.75) is 25.8 Å². The van der Waals surface area contributed by atoms with Crippen molar-refractivity contribution < 1.29 is 14.6 Å². The van der Waals surface area contributed by atoms with Gasteiger partial charge in [-0.25, -0.2) is 0 Å². The van der Waals surface area contributed by atoms with Crippen LogP contribution in [-0.2, 0) is 0 Å². The summed E-state index contributed by atoms with van der Waals surface area (Å²) in [4.78, 5) is 12.0. The number of ether oxygens (including phenoxy) is 1. The normalized spacial score (nSPS) is 11.9. The fraction of sp³-hybridized carbons (Fsp3) is 0.462. The van der Waals surface area contributed by atoms with Crippen LogP contribution in [0.5, 0.6) is 5.75 Å². The van der Waals surface area contributed by atoms with Gasteiger partial charge in [0.05, 0.1) is 18.4 Å². The summed E-state index contributed by atoms with van der Waals surface area (Å²) >= 11 is 0. The van der Waals surface area contributed by atoms with E-state index >= 15 is 0 Å². The SMILES string of the molecule is COc1cccc(C(=O)NC(C)CCCO)c1N. The highest BCUT2D eigenvalue weighted by molar-refractivity contribution is 6.00. The number of carbonyl (C=O) groups excluding carboxylic acids is 1. The molecular formula is C13H20N2O3. The van der Waals surface area contributed by atoms with Gasteiger partial charge < -0.3 is 20.9 Å². The van der Waals surface area contributed by atoms with Crippen molar-refractivity contribution in [3.8, 4) is 5.75 Å². The van der Waals surface area contributed by atoms with Crippen molar-refractivity contribution in [1.82, 2.24) is 5.32 Å². The van der Waals surface area contributed by atoms with E-state index in [0.29, 0.717) is 23.4 Å². The molecule has 0 fully saturated rings. The summed E-state index contributed by atoms with van der Waals surface area (Å²) in [5.41, 5.74) is 6.59. The first-order chi connectivity index (χ1) is 8.60. The summed E-state index contributed by atoms with van der Waals surface area (Å²) in [5, 5.41) is 11.6. The average molecular weight is 252 g/mol. The summed E-state index contributed by atoms with van der Waals surface area (Å²) in [6, 6.07) is 5.09. The molecule has 1 atom stereocenters. The molecular weight excluding hydrogens is 232 g/mol. The van der Waals surface area contributed by atoms with Gasteiger partial charge in [-0.1, -0.05) is 6.07 Å². The molecule has 1 aromatic carbocycles. The molecule has 0 spiro atoms. The van der Waals surface area contributed by atoms with E-state index in [4.69, 9.17) is 15.6 Å². The number of nitrogens with two attached hydrogens (primary N) is 1. The molecule has 0 aromatic heterocycles. The molecule has 1 rings (SSSR count). The van der Waals surface area contributed by atoms with Crippen molar-refractivity contribution in [3.05, 3.63) is 23.8 Å². The maximum atomic E-state index is 12.0. The molecule has 0 bridgehead atoms. The molecule has 1 unspecified atom stereocenters. The lowest BCUT2D eigenvalue weighted by Gasteiger charge is -2.15. The third-order valence-corrected chi connectivity index (χ3v) is 2.70. The Bertz CT molecular complexity index is 407. The van der Waals surface area contributed by atoms with Gasteiger partial charge in [0.1, 0.15) is 5.75 Å². The zero-order valence-electron chi connectivity index (χ0n) is 10.8. The van der Waals surface area contributed by atoms with Gasteiger partial charge in [-0.05, 0) is 31.9 Å². The second-order valence-corrected chi connectivity index (χ2v) is 4.16. The molecule has 0 saturated carbocycles. The smallest absolute Gasteiger partial charge is 0.253 e. The van der Waals surface area contributed by atoms with Crippen LogP contribution in [0.1, 0.15) is 30.1 Å². The molecule has 0 radical (unpaired) electrons. The van der Waals surface area contributed by atoms with E-state index in [1.54, 1.807) is 18.2 Å². The number of hydrogen-bond acceptors (Lipinski definition) is 4. The van der Waals surface area contributed by atoms with E-state index in [-0.39, 0.29) is 18.6 Å². The highest BCUT2D eigenvalue weighted by Crippen LogP contribution is 2.24. The van der Waals surface area contributed by atoms with E-state index in [2.05, 4.69) is 5.32 Å². The summed E-state index contributed by atoms with van der Waals surface area (Å²) < 4.78 is 5.07. The molecule has 0 aliphatic rings. The Labute approximate surface area is 107 Å². The summed E-state index contributed by atoms with van der Waals surface area (Å²) in [6.45, 7) is 2.02. The minimum atomic E-state index is -0.225. The number of aliphatic hydroxyl groups is 1. The monoisotopic (exact) mass is 252 g/mol. The molecule has 4 N–H and O–H groups in total. The van der Waals surface area contributed by atoms with Gasteiger partial charge in [0.25, 0.3) is 5.91 Å². The van der Waals surface area contributed by atoms with Crippen LogP contribution in [0.2, 0.25) is 0 Å². The minimum Gasteiger partial charge on any atom is -0.495 e. The zero-order valence-corrected chi connectivity index (χ0v) is 10.8. The molecule has 5 nitrogen and oxygen atoms in total. The minimum absolute atomic E-state index is 0.00440. The van der Waals surface area contributed by atoms with Crippen LogP contribution in [0.25, 0.3) is 0 Å². The van der Waals surface area contributed by atoms with Crippen LogP contribution in [0, 0.1) is 0 Å². The maximum absolute atomic E-state index is 12.0. The van der Waals surface area contributed by atoms with Gasteiger partial charge in [-0.15, -0.1) is 0 Å². The molecule has 1 aromatic rings. The Hall–Kier alpha value is -1.75. The zero-order chi connectivity index (χ0) is 13.5. The van der Waals surface area contributed by atoms with Crippen LogP contribution >= 0.6 is 0 Å². The van der Waals surface area contributed by atoms with E-state index in [0.717, 1.165) is 6.42 Å². The maximum Gasteiger partial charge on any atom is 0.253 e. The quantitative estimate of drug-likeness (QED) is 0.663. The van der Waals surface area contributed by atoms with Gasteiger partial charge in [-0.3, -0.25) is 4.79 Å². The average Bonchev–Trinajstić information content (AvgIpc) is 2.36. The van der Waals surface area contributed by atoms with Gasteiger partial charge >= 0.3 is 0 Å². The fourth-order valence-electron chi connectivity index (χ4n) is 1.69. The van der Waals surface area contributed by atoms with Crippen molar-refractivity contribution in [3.63, 3.8) is 0 Å². The molecule has 0 aliphatic heterocycles. The van der Waals surface area contributed by atoms with Crippen molar-refractivity contribution >= 4 is 11.6 Å². The van der Waals surface area contributed by atoms with Crippen molar-refractivity contribution in [2.75, 3.05) is 19.5 Å². The van der Waals surface area contributed by atoms with Crippen LogP contribution in [0.3, 0.4) is 0 Å². The van der Waals surface area contributed by atoms with Crippen LogP contribution in [0.4, 0.5) is 5.69 Å². The molecule has 0 heterocycles. The highest BCUT2D eigenvalue weighted by atomic mass is 16.5. The molecule has 0 aliphatic carbocycles. The number of hydrogen-bond donors (Lipinski definition) is 3. The predicted octanol–water partition coefficient (Wildman–Crippen LogP) is 1.17. The third kappa shape index (κ3) is 3.63. The summed E-state index contributed by atoms with van der Waals surface area (Å²) in [7, 11) is 1.51. The first-order valence-corrected chi connectivity index (χ1v) is 5.94. The summed E-state index contributed by atoms with van der Waals surface area (Å²) in [5.74, 6) is 0.266. The Kier molecular flexibility index (Phi) is 5.45. The molecule has 1 amide bonds. The van der Waals surface area contributed by atoms with Gasteiger partial charge in [-0.2, -0.15) is 0 Å². The molecule has 18 heavy (non-hydrogen) atoms. The summed E-state index contributed by atoms with van der Waals surface area (Å²) in [6.07, 6.45) is 1.39. The number of carbonyl (C=O) groups is 1. The second kappa shape index (κ2) is 6.86. The number of rotatable bonds is 6. The number of nitrogens with one attached hydrogen (secondary N) is 1. The molecule has 0 saturated heterocycles. The van der Waals surface area contributed by atoms with Gasteiger partial charge in [0.2, 0.25) is 0 Å². The lowest BCUT2D eigenvalue weighted by atomic mass is 10.1. The van der Waals surface area contributed by atoms with E-state index in [1.165, 1.54) is 7.11 Å². The van der Waals surface area contributed by atoms with E-state index in [9.17, 15) is 4.79 Å². The lowest BCUT2D eigenvalue weighted by molar-refractivity contribution is 0.0937. The number of aliphatic hydroxyl groups excluding tert-OH is 1. The predicted molar refractivity (Wildman–Crippen MR) is 70.7 cm³/mol. The standard InChI is InChI=1S/C13H20N2O3/c1-9(5-4-8-16)15-13(17)10-6-3-7-11(18-2)12(10)14/h3,6-7,9,16H,4-5,8,14H2,1-2H3,(H,15,17). The topological polar surface area (TPSA) is 84.6 Å². The Balaban J connectivity index is 2.72. The number of benzene rings is 1.